The summed E-state index contributed by atoms with van der Waals surface area (Å²) in [6.45, 7) is 3.34. The van der Waals surface area contributed by atoms with Gasteiger partial charge in [-0.15, -0.1) is 0 Å². The van der Waals surface area contributed by atoms with Gasteiger partial charge in [0.2, 0.25) is 5.91 Å². The molecule has 0 saturated heterocycles. The van der Waals surface area contributed by atoms with Crippen LogP contribution < -0.4 is 0 Å². The number of amides is 1. The van der Waals surface area contributed by atoms with Gasteiger partial charge in [0.15, 0.2) is 0 Å². The Morgan fingerprint density at radius 3 is 2.70 bits per heavy atom. The summed E-state index contributed by atoms with van der Waals surface area (Å²) in [4.78, 5) is 17.1. The quantitative estimate of drug-likeness (QED) is 0.385. The molecule has 0 bridgehead atoms. The Kier molecular flexibility index (Phi) is 4.57. The molecule has 0 aliphatic carbocycles. The molecule has 0 spiro atoms. The maximum Gasteiger partial charge on any atom is 0.229 e. The van der Waals surface area contributed by atoms with E-state index in [9.17, 15) is 4.79 Å². The van der Waals surface area contributed by atoms with Gasteiger partial charge in [-0.2, -0.15) is 0 Å². The van der Waals surface area contributed by atoms with E-state index in [4.69, 9.17) is 5.53 Å². The predicted octanol–water partition coefficient (Wildman–Crippen LogP) is 4.45. The third kappa shape index (κ3) is 3.04. The molecule has 1 aliphatic heterocycles. The van der Waals surface area contributed by atoms with E-state index in [0.29, 0.717) is 6.54 Å². The van der Waals surface area contributed by atoms with Crippen molar-refractivity contribution in [2.24, 2.45) is 5.11 Å². The van der Waals surface area contributed by atoms with Crippen LogP contribution in [0.3, 0.4) is 0 Å². The second-order valence-electron chi connectivity index (χ2n) is 6.85. The zero-order valence-electron chi connectivity index (χ0n) is 15.2. The average molecular weight is 359 g/mol. The Balaban J connectivity index is 1.81. The molecule has 0 N–H and O–H groups in total. The lowest BCUT2D eigenvalue weighted by molar-refractivity contribution is -0.132. The number of rotatable bonds is 4. The van der Waals surface area contributed by atoms with Crippen LogP contribution in [0.1, 0.15) is 29.8 Å². The Bertz CT molecular complexity index is 1030. The highest BCUT2D eigenvalue weighted by molar-refractivity contribution is 5.87. The fourth-order valence-corrected chi connectivity index (χ4v) is 4.17. The summed E-state index contributed by atoms with van der Waals surface area (Å²) in [5.74, 6) is -0.123. The summed E-state index contributed by atoms with van der Waals surface area (Å²) in [6, 6.07) is 18.7. The molecule has 136 valence electrons. The van der Waals surface area contributed by atoms with Gasteiger partial charge in [-0.1, -0.05) is 53.6 Å². The molecule has 1 aromatic heterocycles. The average Bonchev–Trinajstić information content (AvgIpc) is 3.02. The number of aromatic nitrogens is 1. The molecule has 2 heterocycles. The summed E-state index contributed by atoms with van der Waals surface area (Å²) in [5.41, 5.74) is 13.5. The second-order valence-corrected chi connectivity index (χ2v) is 6.85. The van der Waals surface area contributed by atoms with E-state index in [2.05, 4.69) is 57.9 Å². The van der Waals surface area contributed by atoms with E-state index in [0.717, 1.165) is 13.0 Å². The van der Waals surface area contributed by atoms with Crippen LogP contribution in [0.5, 0.6) is 0 Å². The lowest BCUT2D eigenvalue weighted by atomic mass is 9.98. The summed E-state index contributed by atoms with van der Waals surface area (Å²) in [6.07, 6.45) is 0.810. The van der Waals surface area contributed by atoms with Gasteiger partial charge < -0.3 is 9.47 Å². The van der Waals surface area contributed by atoms with Gasteiger partial charge in [0.05, 0.1) is 6.04 Å². The molecule has 0 saturated carbocycles. The highest BCUT2D eigenvalue weighted by Gasteiger charge is 2.32. The summed E-state index contributed by atoms with van der Waals surface area (Å²) >= 11 is 0. The minimum absolute atomic E-state index is 0.0637. The Morgan fingerprint density at radius 2 is 1.93 bits per heavy atom. The molecule has 6 heteroatoms. The molecule has 1 unspecified atom stereocenters. The van der Waals surface area contributed by atoms with Crippen LogP contribution in [-0.4, -0.2) is 28.5 Å². The molecule has 0 radical (unpaired) electrons. The Hall–Kier alpha value is -3.24. The van der Waals surface area contributed by atoms with Gasteiger partial charge in [0.1, 0.15) is 6.54 Å². The highest BCUT2D eigenvalue weighted by Crippen LogP contribution is 2.37. The molecule has 27 heavy (non-hydrogen) atoms. The monoisotopic (exact) mass is 359 g/mol. The van der Waals surface area contributed by atoms with E-state index in [1.165, 1.54) is 27.7 Å². The molecule has 0 fully saturated rings. The van der Waals surface area contributed by atoms with Crippen LogP contribution in [0.2, 0.25) is 0 Å². The standard InChI is InChI=1S/C21H21N5O/c1-15-21-18(11-12-25(15)20(27)13-23-24-22)17-9-5-6-10-19(17)26(21)14-16-7-3-2-4-8-16/h2-10,15H,11-14H2,1H3. The predicted molar refractivity (Wildman–Crippen MR) is 105 cm³/mol. The lowest BCUT2D eigenvalue weighted by Gasteiger charge is -2.35. The fraction of sp³-hybridized carbons (Fsp3) is 0.286. The molecule has 3 aromatic rings. The molecule has 6 nitrogen and oxygen atoms in total. The smallest absolute Gasteiger partial charge is 0.229 e. The number of carbonyl (C=O) groups is 1. The van der Waals surface area contributed by atoms with E-state index < -0.39 is 0 Å². The maximum absolute atomic E-state index is 12.5. The minimum atomic E-state index is -0.130. The normalized spacial score (nSPS) is 16.0. The first-order valence-corrected chi connectivity index (χ1v) is 9.15. The summed E-state index contributed by atoms with van der Waals surface area (Å²) < 4.78 is 2.33. The lowest BCUT2D eigenvalue weighted by Crippen LogP contribution is -2.40. The zero-order valence-corrected chi connectivity index (χ0v) is 15.2. The van der Waals surface area contributed by atoms with E-state index >= 15 is 0 Å². The van der Waals surface area contributed by atoms with Gasteiger partial charge in [0.25, 0.3) is 0 Å². The fourth-order valence-electron chi connectivity index (χ4n) is 4.17. The van der Waals surface area contributed by atoms with Crippen LogP contribution >= 0.6 is 0 Å². The molecule has 4 rings (SSSR count). The van der Waals surface area contributed by atoms with Crippen molar-refractivity contribution in [3.8, 4) is 0 Å². The number of para-hydroxylation sites is 1. The van der Waals surface area contributed by atoms with Crippen LogP contribution in [0.25, 0.3) is 21.3 Å². The number of nitrogens with zero attached hydrogens (tertiary/aromatic N) is 5. The number of azide groups is 1. The molecular weight excluding hydrogens is 338 g/mol. The third-order valence-corrected chi connectivity index (χ3v) is 5.36. The van der Waals surface area contributed by atoms with Crippen molar-refractivity contribution in [3.05, 3.63) is 81.9 Å². The first-order valence-electron chi connectivity index (χ1n) is 9.15. The first-order chi connectivity index (χ1) is 13.2. The second kappa shape index (κ2) is 7.17. The van der Waals surface area contributed by atoms with E-state index in [1.807, 2.05) is 23.1 Å². The summed E-state index contributed by atoms with van der Waals surface area (Å²) in [5, 5.41) is 4.71. The van der Waals surface area contributed by atoms with Crippen LogP contribution in [0.4, 0.5) is 0 Å². The number of fused-ring (bicyclic) bond motifs is 3. The number of benzene rings is 2. The van der Waals surface area contributed by atoms with Gasteiger partial charge in [-0.25, -0.2) is 0 Å². The molecule has 1 amide bonds. The molecule has 2 aromatic carbocycles. The van der Waals surface area contributed by atoms with Crippen LogP contribution in [0.15, 0.2) is 59.7 Å². The van der Waals surface area contributed by atoms with Crippen molar-refractivity contribution in [1.29, 1.82) is 0 Å². The van der Waals surface area contributed by atoms with Gasteiger partial charge >= 0.3 is 0 Å². The Morgan fingerprint density at radius 1 is 1.19 bits per heavy atom. The SMILES string of the molecule is CC1c2c(c3ccccc3n2Cc2ccccc2)CCN1C(=O)CN=[N+]=[N-]. The van der Waals surface area contributed by atoms with Crippen LogP contribution in [-0.2, 0) is 17.8 Å². The van der Waals surface area contributed by atoms with Gasteiger partial charge in [-0.3, -0.25) is 4.79 Å². The molecule has 1 atom stereocenters. The number of carbonyl (C=O) groups excluding carboxylic acids is 1. The van der Waals surface area contributed by atoms with Gasteiger partial charge in [0, 0.05) is 34.6 Å². The van der Waals surface area contributed by atoms with Crippen molar-refractivity contribution in [2.75, 3.05) is 13.1 Å². The summed E-state index contributed by atoms with van der Waals surface area (Å²) in [7, 11) is 0. The first kappa shape index (κ1) is 17.2. The van der Waals surface area contributed by atoms with Crippen molar-refractivity contribution < 1.29 is 4.79 Å². The largest absolute Gasteiger partial charge is 0.338 e. The number of hydrogen-bond donors (Lipinski definition) is 0. The zero-order chi connectivity index (χ0) is 18.8. The van der Waals surface area contributed by atoms with Crippen molar-refractivity contribution in [3.63, 3.8) is 0 Å². The third-order valence-electron chi connectivity index (χ3n) is 5.36. The maximum atomic E-state index is 12.5. The molecule has 1 aliphatic rings. The number of hydrogen-bond acceptors (Lipinski definition) is 2. The van der Waals surface area contributed by atoms with E-state index in [-0.39, 0.29) is 18.5 Å². The minimum Gasteiger partial charge on any atom is -0.338 e. The van der Waals surface area contributed by atoms with E-state index in [1.54, 1.807) is 0 Å². The topological polar surface area (TPSA) is 74.0 Å². The highest BCUT2D eigenvalue weighted by atomic mass is 16.2. The van der Waals surface area contributed by atoms with Crippen molar-refractivity contribution in [2.45, 2.75) is 25.9 Å². The van der Waals surface area contributed by atoms with Crippen LogP contribution in [0, 0.1) is 0 Å². The van der Waals surface area contributed by atoms with Gasteiger partial charge in [-0.05, 0) is 36.1 Å². The molecular formula is C21H21N5O. The van der Waals surface area contributed by atoms with Crippen molar-refractivity contribution >= 4 is 16.8 Å². The Labute approximate surface area is 157 Å². The van der Waals surface area contributed by atoms with Crippen molar-refractivity contribution in [1.82, 2.24) is 9.47 Å².